The summed E-state index contributed by atoms with van der Waals surface area (Å²) in [6, 6.07) is 6.20. The number of aliphatic imine (C=N–C) groups is 1. The Hall–Kier alpha value is -2.36. The molecule has 0 saturated heterocycles. The number of hydrogen-bond donors (Lipinski definition) is 2. The molecule has 0 unspecified atom stereocenters. The number of hydrogen-bond acceptors (Lipinski definition) is 7. The molecule has 0 fully saturated rings. The number of unbranched alkanes of at least 4 members (excludes halogenated alkanes) is 1. The molecule has 0 saturated carbocycles. The maximum atomic E-state index is 11.8. The molecule has 0 aromatic heterocycles. The molecule has 1 aliphatic heterocycles. The van der Waals surface area contributed by atoms with E-state index in [9.17, 15) is 18.5 Å². The van der Waals surface area contributed by atoms with Gasteiger partial charge in [-0.05, 0) is 12.5 Å². The quantitative estimate of drug-likeness (QED) is 0.589. The van der Waals surface area contributed by atoms with Gasteiger partial charge < -0.3 is 10.2 Å². The summed E-state index contributed by atoms with van der Waals surface area (Å²) >= 11 is 0. The van der Waals surface area contributed by atoms with Crippen molar-refractivity contribution in [1.29, 1.82) is 0 Å². The van der Waals surface area contributed by atoms with Crippen LogP contribution in [0.25, 0.3) is 0 Å². The number of sulfonamides is 1. The van der Waals surface area contributed by atoms with Gasteiger partial charge in [-0.2, -0.15) is 0 Å². The molecule has 1 heterocycles. The molecular weight excluding hydrogens is 322 g/mol. The Labute approximate surface area is 134 Å². The second-order valence-electron chi connectivity index (χ2n) is 5.07. The van der Waals surface area contributed by atoms with Crippen molar-refractivity contribution in [2.75, 3.05) is 24.0 Å². The van der Waals surface area contributed by atoms with Crippen molar-refractivity contribution in [3.63, 3.8) is 0 Å². The minimum atomic E-state index is -3.39. The van der Waals surface area contributed by atoms with Crippen LogP contribution in [-0.2, 0) is 10.0 Å². The van der Waals surface area contributed by atoms with Gasteiger partial charge in [0.25, 0.3) is 5.69 Å². The maximum absolute atomic E-state index is 11.8. The summed E-state index contributed by atoms with van der Waals surface area (Å²) in [4.78, 5) is 16.2. The number of rotatable bonds is 6. The lowest BCUT2D eigenvalue weighted by molar-refractivity contribution is -0.384. The van der Waals surface area contributed by atoms with E-state index in [1.807, 2.05) is 6.92 Å². The lowest BCUT2D eigenvalue weighted by Crippen LogP contribution is -2.50. The number of benzene rings is 1. The molecule has 9 nitrogen and oxygen atoms in total. The molecule has 1 aliphatic rings. The molecule has 23 heavy (non-hydrogen) atoms. The van der Waals surface area contributed by atoms with E-state index in [1.54, 1.807) is 17.0 Å². The van der Waals surface area contributed by atoms with Gasteiger partial charge in [0.1, 0.15) is 6.67 Å². The highest BCUT2D eigenvalue weighted by molar-refractivity contribution is 7.90. The minimum absolute atomic E-state index is 0.00227. The van der Waals surface area contributed by atoms with Gasteiger partial charge in [-0.15, -0.1) is 0 Å². The Balaban J connectivity index is 2.01. The first-order valence-corrected chi connectivity index (χ1v) is 8.85. The van der Waals surface area contributed by atoms with E-state index < -0.39 is 14.9 Å². The van der Waals surface area contributed by atoms with Crippen molar-refractivity contribution in [1.82, 2.24) is 10.0 Å². The van der Waals surface area contributed by atoms with Gasteiger partial charge >= 0.3 is 0 Å². The van der Waals surface area contributed by atoms with Crippen LogP contribution in [0.5, 0.6) is 0 Å². The van der Waals surface area contributed by atoms with Gasteiger partial charge in [-0.3, -0.25) is 14.8 Å². The lowest BCUT2D eigenvalue weighted by atomic mass is 10.2. The molecule has 2 N–H and O–H groups in total. The van der Waals surface area contributed by atoms with Crippen LogP contribution in [0.4, 0.5) is 11.4 Å². The second kappa shape index (κ2) is 7.27. The number of nitrogens with one attached hydrogen (secondary N) is 2. The van der Waals surface area contributed by atoms with Crippen molar-refractivity contribution in [2.24, 2.45) is 4.99 Å². The van der Waals surface area contributed by atoms with E-state index in [-0.39, 0.29) is 24.1 Å². The number of nitro groups is 1. The fourth-order valence-electron chi connectivity index (χ4n) is 2.01. The first kappa shape index (κ1) is 17.0. The van der Waals surface area contributed by atoms with Crippen LogP contribution in [0.3, 0.4) is 0 Å². The van der Waals surface area contributed by atoms with E-state index in [0.717, 1.165) is 6.42 Å². The van der Waals surface area contributed by atoms with Crippen molar-refractivity contribution in [2.45, 2.75) is 19.8 Å². The molecule has 0 spiro atoms. The normalized spacial score (nSPS) is 14.8. The van der Waals surface area contributed by atoms with Crippen LogP contribution in [-0.4, -0.2) is 38.4 Å². The van der Waals surface area contributed by atoms with Gasteiger partial charge in [0, 0.05) is 17.8 Å². The number of nitrogens with zero attached hydrogens (tertiary/aromatic N) is 3. The summed E-state index contributed by atoms with van der Waals surface area (Å²) < 4.78 is 26.0. The average Bonchev–Trinajstić information content (AvgIpc) is 2.53. The fraction of sp³-hybridized carbons (Fsp3) is 0.462. The molecular formula is C13H19N5O4S. The Bertz CT molecular complexity index is 704. The summed E-state index contributed by atoms with van der Waals surface area (Å²) in [5.41, 5.74) is 0.640. The van der Waals surface area contributed by atoms with Crippen LogP contribution < -0.4 is 14.9 Å². The molecule has 0 radical (unpaired) electrons. The molecule has 126 valence electrons. The third-order valence-corrected chi connectivity index (χ3v) is 4.59. The second-order valence-corrected chi connectivity index (χ2v) is 6.92. The van der Waals surface area contributed by atoms with E-state index in [0.29, 0.717) is 18.8 Å². The van der Waals surface area contributed by atoms with Crippen LogP contribution in [0.1, 0.15) is 19.8 Å². The molecule has 1 aromatic carbocycles. The Morgan fingerprint density at radius 3 is 2.87 bits per heavy atom. The van der Waals surface area contributed by atoms with Crippen molar-refractivity contribution >= 4 is 27.4 Å². The molecule has 10 heteroatoms. The third-order valence-electron chi connectivity index (χ3n) is 3.26. The van der Waals surface area contributed by atoms with Gasteiger partial charge in [-0.1, -0.05) is 19.4 Å². The molecule has 0 aliphatic carbocycles. The predicted octanol–water partition coefficient (Wildman–Crippen LogP) is 0.995. The first-order valence-electron chi connectivity index (χ1n) is 7.19. The number of non-ortho nitro benzene ring substituents is 1. The predicted molar refractivity (Wildman–Crippen MR) is 87.7 cm³/mol. The van der Waals surface area contributed by atoms with Gasteiger partial charge in [0.05, 0.1) is 17.3 Å². The SMILES string of the molecule is CCCCS(=O)(=O)NC1=NCN(c2cccc([N+](=O)[O-])c2)CN1. The highest BCUT2D eigenvalue weighted by Crippen LogP contribution is 2.21. The van der Waals surface area contributed by atoms with E-state index in [1.165, 1.54) is 12.1 Å². The fourth-order valence-corrected chi connectivity index (χ4v) is 3.21. The Kier molecular flexibility index (Phi) is 5.37. The first-order chi connectivity index (χ1) is 10.9. The van der Waals surface area contributed by atoms with Crippen molar-refractivity contribution in [3.8, 4) is 0 Å². The van der Waals surface area contributed by atoms with Crippen LogP contribution in [0.15, 0.2) is 29.3 Å². The lowest BCUT2D eigenvalue weighted by Gasteiger charge is -2.28. The maximum Gasteiger partial charge on any atom is 0.271 e. The van der Waals surface area contributed by atoms with Crippen molar-refractivity contribution < 1.29 is 13.3 Å². The van der Waals surface area contributed by atoms with Crippen LogP contribution in [0.2, 0.25) is 0 Å². The molecule has 0 amide bonds. The Morgan fingerprint density at radius 2 is 2.26 bits per heavy atom. The Morgan fingerprint density at radius 1 is 1.48 bits per heavy atom. The van der Waals surface area contributed by atoms with Gasteiger partial charge in [0.2, 0.25) is 16.0 Å². The smallest absolute Gasteiger partial charge is 0.271 e. The highest BCUT2D eigenvalue weighted by Gasteiger charge is 2.18. The zero-order chi connectivity index (χ0) is 16.9. The highest BCUT2D eigenvalue weighted by atomic mass is 32.2. The third kappa shape index (κ3) is 4.81. The monoisotopic (exact) mass is 341 g/mol. The molecule has 1 aromatic rings. The summed E-state index contributed by atoms with van der Waals surface area (Å²) in [6.45, 7) is 2.43. The summed E-state index contributed by atoms with van der Waals surface area (Å²) in [5, 5.41) is 13.7. The van der Waals surface area contributed by atoms with Crippen molar-refractivity contribution in [3.05, 3.63) is 34.4 Å². The van der Waals surface area contributed by atoms with Gasteiger partial charge in [0.15, 0.2) is 0 Å². The average molecular weight is 341 g/mol. The summed E-state index contributed by atoms with van der Waals surface area (Å²) in [7, 11) is -3.39. The zero-order valence-corrected chi connectivity index (χ0v) is 13.5. The largest absolute Gasteiger partial charge is 0.338 e. The van der Waals surface area contributed by atoms with Crippen LogP contribution in [0, 0.1) is 10.1 Å². The number of guanidine groups is 1. The molecule has 2 rings (SSSR count). The van der Waals surface area contributed by atoms with E-state index in [2.05, 4.69) is 15.0 Å². The van der Waals surface area contributed by atoms with Crippen LogP contribution >= 0.6 is 0 Å². The molecule has 0 atom stereocenters. The van der Waals surface area contributed by atoms with E-state index >= 15 is 0 Å². The number of anilines is 1. The summed E-state index contributed by atoms with van der Waals surface area (Å²) in [5.74, 6) is 0.251. The molecule has 0 bridgehead atoms. The zero-order valence-electron chi connectivity index (χ0n) is 12.7. The standard InChI is InChI=1S/C13H19N5O4S/c1-2-3-7-23(21,22)16-13-14-9-17(10-15-13)11-5-4-6-12(8-11)18(19)20/h4-6,8H,2-3,7,9-10H2,1H3,(H2,14,15,16). The summed E-state index contributed by atoms with van der Waals surface area (Å²) in [6.07, 6.45) is 1.38. The van der Waals surface area contributed by atoms with E-state index in [4.69, 9.17) is 0 Å². The van der Waals surface area contributed by atoms with Gasteiger partial charge in [-0.25, -0.2) is 13.4 Å². The minimum Gasteiger partial charge on any atom is -0.338 e. The number of nitro benzene ring substituents is 1. The topological polar surface area (TPSA) is 117 Å².